The summed E-state index contributed by atoms with van der Waals surface area (Å²) >= 11 is 0. The molecule has 1 saturated heterocycles. The van der Waals surface area contributed by atoms with Crippen molar-refractivity contribution in [3.8, 4) is 0 Å². The van der Waals surface area contributed by atoms with Crippen molar-refractivity contribution in [3.05, 3.63) is 59.7 Å². The number of carbonyl (C=O) groups excluding carboxylic acids is 1. The first kappa shape index (κ1) is 15.6. The maximum atomic E-state index is 12.0. The standard InChI is InChI=1S/C18H22N4O/c1-14-19-9-8-17(20-14)12-21-10-11-22(15(2)23)18(13-21)16-6-4-3-5-7-16/h3-9,18H,10-13H2,1-2H3/t18-/m0/s1. The van der Waals surface area contributed by atoms with Gasteiger partial charge in [-0.05, 0) is 18.6 Å². The van der Waals surface area contributed by atoms with Crippen LogP contribution in [0.25, 0.3) is 0 Å². The van der Waals surface area contributed by atoms with E-state index in [0.717, 1.165) is 37.7 Å². The molecule has 1 aromatic heterocycles. The molecule has 0 N–H and O–H groups in total. The van der Waals surface area contributed by atoms with Gasteiger partial charge in [-0.2, -0.15) is 0 Å². The molecule has 120 valence electrons. The summed E-state index contributed by atoms with van der Waals surface area (Å²) in [5.41, 5.74) is 2.21. The zero-order valence-corrected chi connectivity index (χ0v) is 13.6. The fraction of sp³-hybridized carbons (Fsp3) is 0.389. The number of rotatable bonds is 3. The first-order valence-electron chi connectivity index (χ1n) is 7.96. The molecule has 0 aliphatic carbocycles. The van der Waals surface area contributed by atoms with Gasteiger partial charge in [-0.1, -0.05) is 30.3 Å². The molecule has 0 unspecified atom stereocenters. The van der Waals surface area contributed by atoms with Crippen molar-refractivity contribution in [2.75, 3.05) is 19.6 Å². The first-order valence-corrected chi connectivity index (χ1v) is 7.96. The molecule has 5 nitrogen and oxygen atoms in total. The van der Waals surface area contributed by atoms with Gasteiger partial charge in [0.25, 0.3) is 0 Å². The van der Waals surface area contributed by atoms with Gasteiger partial charge in [0.1, 0.15) is 5.82 Å². The summed E-state index contributed by atoms with van der Waals surface area (Å²) in [5.74, 6) is 0.931. The maximum absolute atomic E-state index is 12.0. The Labute approximate surface area is 137 Å². The summed E-state index contributed by atoms with van der Waals surface area (Å²) in [6.45, 7) is 6.79. The zero-order chi connectivity index (χ0) is 16.2. The normalized spacial score (nSPS) is 18.9. The lowest BCUT2D eigenvalue weighted by Crippen LogP contribution is -2.49. The van der Waals surface area contributed by atoms with Crippen LogP contribution in [-0.2, 0) is 11.3 Å². The highest BCUT2D eigenvalue weighted by Crippen LogP contribution is 2.26. The van der Waals surface area contributed by atoms with Crippen molar-refractivity contribution in [3.63, 3.8) is 0 Å². The van der Waals surface area contributed by atoms with E-state index in [-0.39, 0.29) is 11.9 Å². The van der Waals surface area contributed by atoms with Crippen molar-refractivity contribution in [1.29, 1.82) is 0 Å². The average Bonchev–Trinajstić information content (AvgIpc) is 2.55. The highest BCUT2D eigenvalue weighted by Gasteiger charge is 2.29. The highest BCUT2D eigenvalue weighted by atomic mass is 16.2. The molecule has 0 spiro atoms. The van der Waals surface area contributed by atoms with Crippen LogP contribution in [0.4, 0.5) is 0 Å². The summed E-state index contributed by atoms with van der Waals surface area (Å²) in [4.78, 5) is 24.9. The minimum atomic E-state index is 0.102. The number of piperazine rings is 1. The lowest BCUT2D eigenvalue weighted by molar-refractivity contribution is -0.134. The van der Waals surface area contributed by atoms with Crippen LogP contribution >= 0.6 is 0 Å². The van der Waals surface area contributed by atoms with Gasteiger partial charge < -0.3 is 4.90 Å². The molecule has 3 rings (SSSR count). The Morgan fingerprint density at radius 3 is 2.70 bits per heavy atom. The van der Waals surface area contributed by atoms with E-state index in [4.69, 9.17) is 0 Å². The number of hydrogen-bond acceptors (Lipinski definition) is 4. The van der Waals surface area contributed by atoms with E-state index in [1.165, 1.54) is 5.56 Å². The SMILES string of the molecule is CC(=O)N1CCN(Cc2ccnc(C)n2)C[C@H]1c1ccccc1. The second-order valence-corrected chi connectivity index (χ2v) is 5.97. The van der Waals surface area contributed by atoms with E-state index >= 15 is 0 Å². The number of hydrogen-bond donors (Lipinski definition) is 0. The summed E-state index contributed by atoms with van der Waals surface area (Å²) < 4.78 is 0. The van der Waals surface area contributed by atoms with Gasteiger partial charge in [0, 0.05) is 39.3 Å². The van der Waals surface area contributed by atoms with E-state index < -0.39 is 0 Å². The lowest BCUT2D eigenvalue weighted by Gasteiger charge is -2.41. The minimum absolute atomic E-state index is 0.102. The van der Waals surface area contributed by atoms with Crippen LogP contribution in [0.2, 0.25) is 0 Å². The third-order valence-electron chi connectivity index (χ3n) is 4.27. The van der Waals surface area contributed by atoms with Gasteiger partial charge in [0.15, 0.2) is 0 Å². The zero-order valence-electron chi connectivity index (χ0n) is 13.6. The Bertz CT molecular complexity index is 674. The van der Waals surface area contributed by atoms with Crippen molar-refractivity contribution < 1.29 is 4.79 Å². The van der Waals surface area contributed by atoms with Gasteiger partial charge in [0.2, 0.25) is 5.91 Å². The maximum Gasteiger partial charge on any atom is 0.220 e. The number of nitrogens with zero attached hydrogens (tertiary/aromatic N) is 4. The van der Waals surface area contributed by atoms with Gasteiger partial charge in [-0.25, -0.2) is 9.97 Å². The summed E-state index contributed by atoms with van der Waals surface area (Å²) in [6.07, 6.45) is 1.80. The molecule has 1 aliphatic heterocycles. The van der Waals surface area contributed by atoms with E-state index in [0.29, 0.717) is 0 Å². The number of aryl methyl sites for hydroxylation is 1. The van der Waals surface area contributed by atoms with Crippen molar-refractivity contribution in [1.82, 2.24) is 19.8 Å². The molecule has 1 fully saturated rings. The van der Waals surface area contributed by atoms with Crippen LogP contribution in [0, 0.1) is 6.92 Å². The van der Waals surface area contributed by atoms with Crippen LogP contribution in [0.15, 0.2) is 42.6 Å². The minimum Gasteiger partial charge on any atom is -0.333 e. The van der Waals surface area contributed by atoms with Crippen molar-refractivity contribution in [2.24, 2.45) is 0 Å². The van der Waals surface area contributed by atoms with E-state index in [1.807, 2.05) is 36.1 Å². The molecule has 1 aromatic carbocycles. The Morgan fingerprint density at radius 2 is 2.00 bits per heavy atom. The second-order valence-electron chi connectivity index (χ2n) is 5.97. The monoisotopic (exact) mass is 310 g/mol. The molecular weight excluding hydrogens is 288 g/mol. The molecule has 23 heavy (non-hydrogen) atoms. The molecule has 1 amide bonds. The fourth-order valence-corrected chi connectivity index (χ4v) is 3.14. The lowest BCUT2D eigenvalue weighted by atomic mass is 10.0. The molecule has 1 aliphatic rings. The number of carbonyl (C=O) groups is 1. The number of benzene rings is 1. The molecule has 0 saturated carbocycles. The van der Waals surface area contributed by atoms with Crippen LogP contribution in [0.3, 0.4) is 0 Å². The van der Waals surface area contributed by atoms with Crippen LogP contribution in [0.1, 0.15) is 30.0 Å². The van der Waals surface area contributed by atoms with Crippen LogP contribution in [-0.4, -0.2) is 45.3 Å². The van der Waals surface area contributed by atoms with Gasteiger partial charge in [-0.3, -0.25) is 9.69 Å². The second kappa shape index (κ2) is 6.87. The van der Waals surface area contributed by atoms with Gasteiger partial charge >= 0.3 is 0 Å². The topological polar surface area (TPSA) is 49.3 Å². The average molecular weight is 310 g/mol. The molecular formula is C18H22N4O. The van der Waals surface area contributed by atoms with Crippen LogP contribution < -0.4 is 0 Å². The largest absolute Gasteiger partial charge is 0.333 e. The predicted molar refractivity (Wildman–Crippen MR) is 88.6 cm³/mol. The summed E-state index contributed by atoms with van der Waals surface area (Å²) in [6, 6.07) is 12.3. The summed E-state index contributed by atoms with van der Waals surface area (Å²) in [5, 5.41) is 0. The van der Waals surface area contributed by atoms with E-state index in [1.54, 1.807) is 13.1 Å². The Hall–Kier alpha value is -2.27. The van der Waals surface area contributed by atoms with Gasteiger partial charge in [0.05, 0.1) is 11.7 Å². The predicted octanol–water partition coefficient (Wildman–Crippen LogP) is 2.19. The van der Waals surface area contributed by atoms with E-state index in [9.17, 15) is 4.79 Å². The molecule has 0 radical (unpaired) electrons. The Kier molecular flexibility index (Phi) is 4.67. The Morgan fingerprint density at radius 1 is 1.22 bits per heavy atom. The number of amides is 1. The van der Waals surface area contributed by atoms with Crippen molar-refractivity contribution in [2.45, 2.75) is 26.4 Å². The smallest absolute Gasteiger partial charge is 0.220 e. The third kappa shape index (κ3) is 3.74. The molecule has 2 aromatic rings. The Balaban J connectivity index is 1.77. The molecule has 0 bridgehead atoms. The quantitative estimate of drug-likeness (QED) is 0.872. The third-order valence-corrected chi connectivity index (χ3v) is 4.27. The summed E-state index contributed by atoms with van der Waals surface area (Å²) in [7, 11) is 0. The molecule has 5 heteroatoms. The van der Waals surface area contributed by atoms with Crippen molar-refractivity contribution >= 4 is 5.91 Å². The first-order chi connectivity index (χ1) is 11.1. The molecule has 1 atom stereocenters. The van der Waals surface area contributed by atoms with E-state index in [2.05, 4.69) is 27.0 Å². The highest BCUT2D eigenvalue weighted by molar-refractivity contribution is 5.74. The van der Waals surface area contributed by atoms with Crippen LogP contribution in [0.5, 0.6) is 0 Å². The molecule has 2 heterocycles. The number of aromatic nitrogens is 2. The fourth-order valence-electron chi connectivity index (χ4n) is 3.14. The van der Waals surface area contributed by atoms with Gasteiger partial charge in [-0.15, -0.1) is 0 Å².